The molecule has 7 nitrogen and oxygen atoms in total. The standard InChI is InChI=1S/C40H32N2O5/c1-23-6-5-9-31-32(40(46)47-22-34(43)27-12-10-25(11-13-27)24-7-3-2-4-8-24)21-33(41-37(23)31)26-16-18-30(19-17-26)42-38(44)35-28-14-15-29(20-28)36(35)39(42)45/h2-13,16-19,21,28-29,35-36H,14-15,20,22H2,1H3. The van der Waals surface area contributed by atoms with Gasteiger partial charge in [-0.25, -0.2) is 9.78 Å². The summed E-state index contributed by atoms with van der Waals surface area (Å²) in [6, 6.07) is 31.6. The van der Waals surface area contributed by atoms with Gasteiger partial charge in [-0.15, -0.1) is 0 Å². The molecule has 0 N–H and O–H groups in total. The number of Topliss-reactive ketones (excluding diaryl/α,β-unsaturated/α-hetero) is 1. The molecule has 3 fully saturated rings. The van der Waals surface area contributed by atoms with Gasteiger partial charge in [0.15, 0.2) is 12.4 Å². The maximum absolute atomic E-state index is 13.5. The van der Waals surface area contributed by atoms with E-state index in [1.54, 1.807) is 30.3 Å². The number of benzene rings is 4. The number of amides is 2. The molecular weight excluding hydrogens is 588 g/mol. The summed E-state index contributed by atoms with van der Waals surface area (Å²) in [5.41, 5.74) is 6.17. The topological polar surface area (TPSA) is 93.6 Å². The van der Waals surface area contributed by atoms with Crippen molar-refractivity contribution in [1.82, 2.24) is 4.98 Å². The van der Waals surface area contributed by atoms with Crippen LogP contribution in [0.5, 0.6) is 0 Å². The number of nitrogens with zero attached hydrogens (tertiary/aromatic N) is 2. The summed E-state index contributed by atoms with van der Waals surface area (Å²) in [4.78, 5) is 59.4. The molecule has 8 rings (SSSR count). The van der Waals surface area contributed by atoms with E-state index in [4.69, 9.17) is 9.72 Å². The van der Waals surface area contributed by atoms with E-state index in [2.05, 4.69) is 0 Å². The third-order valence-electron chi connectivity index (χ3n) is 10.3. The maximum Gasteiger partial charge on any atom is 0.339 e. The number of carbonyl (C=O) groups excluding carboxylic acids is 4. The summed E-state index contributed by atoms with van der Waals surface area (Å²) in [6.07, 6.45) is 3.06. The molecule has 2 saturated carbocycles. The van der Waals surface area contributed by atoms with Crippen molar-refractivity contribution in [3.8, 4) is 22.4 Å². The Kier molecular flexibility index (Phi) is 7.05. The average molecular weight is 621 g/mol. The number of fused-ring (bicyclic) bond motifs is 6. The van der Waals surface area contributed by atoms with E-state index in [-0.39, 0.29) is 29.4 Å². The van der Waals surface area contributed by atoms with Gasteiger partial charge in [0.1, 0.15) is 0 Å². The van der Waals surface area contributed by atoms with Crippen LogP contribution in [0.25, 0.3) is 33.3 Å². The van der Waals surface area contributed by atoms with Gasteiger partial charge in [-0.1, -0.05) is 84.9 Å². The number of hydrogen-bond donors (Lipinski definition) is 0. The molecule has 5 aromatic rings. The summed E-state index contributed by atoms with van der Waals surface area (Å²) in [7, 11) is 0. The van der Waals surface area contributed by atoms with Crippen LogP contribution in [0.15, 0.2) is 103 Å². The van der Waals surface area contributed by atoms with E-state index in [9.17, 15) is 19.2 Å². The maximum atomic E-state index is 13.5. The van der Waals surface area contributed by atoms with Gasteiger partial charge in [0.2, 0.25) is 11.8 Å². The molecule has 2 amide bonds. The van der Waals surface area contributed by atoms with Crippen LogP contribution in [0.1, 0.15) is 45.5 Å². The van der Waals surface area contributed by atoms with Crippen molar-refractivity contribution in [2.75, 3.05) is 11.5 Å². The Balaban J connectivity index is 1.03. The van der Waals surface area contributed by atoms with Crippen LogP contribution in [-0.4, -0.2) is 35.2 Å². The zero-order valence-electron chi connectivity index (χ0n) is 25.9. The van der Waals surface area contributed by atoms with Crippen molar-refractivity contribution in [2.24, 2.45) is 23.7 Å². The van der Waals surface area contributed by atoms with Gasteiger partial charge in [0, 0.05) is 16.5 Å². The van der Waals surface area contributed by atoms with E-state index in [0.29, 0.717) is 45.2 Å². The Morgan fingerprint density at radius 1 is 0.766 bits per heavy atom. The molecule has 2 heterocycles. The molecule has 2 bridgehead atoms. The quantitative estimate of drug-likeness (QED) is 0.107. The highest BCUT2D eigenvalue weighted by molar-refractivity contribution is 6.22. The second kappa shape index (κ2) is 11.4. The zero-order valence-corrected chi connectivity index (χ0v) is 25.9. The average Bonchev–Trinajstić information content (AvgIpc) is 3.80. The third kappa shape index (κ3) is 4.94. The van der Waals surface area contributed by atoms with Crippen LogP contribution in [0.2, 0.25) is 0 Å². The number of hydrogen-bond acceptors (Lipinski definition) is 6. The Morgan fingerprint density at radius 3 is 2.09 bits per heavy atom. The van der Waals surface area contributed by atoms with Crippen LogP contribution in [0.4, 0.5) is 5.69 Å². The van der Waals surface area contributed by atoms with Crippen molar-refractivity contribution in [2.45, 2.75) is 26.2 Å². The van der Waals surface area contributed by atoms with Crippen LogP contribution >= 0.6 is 0 Å². The smallest absolute Gasteiger partial charge is 0.339 e. The van der Waals surface area contributed by atoms with E-state index in [1.165, 1.54) is 4.90 Å². The van der Waals surface area contributed by atoms with E-state index in [0.717, 1.165) is 41.5 Å². The number of imide groups is 1. The number of anilines is 1. The van der Waals surface area contributed by atoms with Gasteiger partial charge >= 0.3 is 5.97 Å². The van der Waals surface area contributed by atoms with Crippen LogP contribution in [0, 0.1) is 30.6 Å². The van der Waals surface area contributed by atoms with Crippen molar-refractivity contribution in [3.05, 3.63) is 120 Å². The number of rotatable bonds is 7. The molecule has 1 aliphatic heterocycles. The molecule has 4 unspecified atom stereocenters. The van der Waals surface area contributed by atoms with Crippen molar-refractivity contribution >= 4 is 40.2 Å². The number of ether oxygens (including phenoxy) is 1. The molecule has 232 valence electrons. The lowest BCUT2D eigenvalue weighted by atomic mass is 9.81. The van der Waals surface area contributed by atoms with Gasteiger partial charge in [0.25, 0.3) is 0 Å². The Bertz CT molecular complexity index is 2040. The number of aromatic nitrogens is 1. The second-order valence-corrected chi connectivity index (χ2v) is 12.9. The van der Waals surface area contributed by atoms with E-state index in [1.807, 2.05) is 79.7 Å². The molecule has 7 heteroatoms. The number of para-hydroxylation sites is 1. The minimum atomic E-state index is -0.621. The Labute approximate surface area is 272 Å². The highest BCUT2D eigenvalue weighted by Gasteiger charge is 2.61. The molecule has 0 radical (unpaired) electrons. The van der Waals surface area contributed by atoms with Gasteiger partial charge < -0.3 is 4.74 Å². The number of ketones is 1. The number of pyridine rings is 1. The van der Waals surface area contributed by atoms with Gasteiger partial charge in [-0.2, -0.15) is 0 Å². The fourth-order valence-electron chi connectivity index (χ4n) is 7.92. The fourth-order valence-corrected chi connectivity index (χ4v) is 7.92. The minimum absolute atomic E-state index is 0.0777. The fraction of sp³-hybridized carbons (Fsp3) is 0.225. The van der Waals surface area contributed by atoms with Crippen molar-refractivity contribution < 1.29 is 23.9 Å². The molecule has 3 aliphatic rings. The van der Waals surface area contributed by atoms with Crippen LogP contribution in [-0.2, 0) is 14.3 Å². The normalized spacial score (nSPS) is 21.3. The summed E-state index contributed by atoms with van der Waals surface area (Å²) in [5.74, 6) is -0.789. The van der Waals surface area contributed by atoms with Crippen LogP contribution < -0.4 is 4.90 Å². The second-order valence-electron chi connectivity index (χ2n) is 12.9. The van der Waals surface area contributed by atoms with Gasteiger partial charge in [-0.05, 0) is 72.9 Å². The molecule has 2 aliphatic carbocycles. The summed E-state index contributed by atoms with van der Waals surface area (Å²) in [6.45, 7) is 1.53. The molecule has 47 heavy (non-hydrogen) atoms. The molecule has 0 spiro atoms. The van der Waals surface area contributed by atoms with E-state index < -0.39 is 12.6 Å². The van der Waals surface area contributed by atoms with Gasteiger partial charge in [0.05, 0.1) is 34.3 Å². The predicted octanol–water partition coefficient (Wildman–Crippen LogP) is 7.45. The molecule has 4 aromatic carbocycles. The summed E-state index contributed by atoms with van der Waals surface area (Å²) < 4.78 is 5.57. The number of carbonyl (C=O) groups is 4. The minimum Gasteiger partial charge on any atom is -0.454 e. The first-order valence-corrected chi connectivity index (χ1v) is 16.1. The molecule has 1 saturated heterocycles. The highest BCUT2D eigenvalue weighted by Crippen LogP contribution is 2.56. The lowest BCUT2D eigenvalue weighted by molar-refractivity contribution is -0.123. The third-order valence-corrected chi connectivity index (χ3v) is 10.3. The van der Waals surface area contributed by atoms with Crippen molar-refractivity contribution in [1.29, 1.82) is 0 Å². The molecular formula is C40H32N2O5. The SMILES string of the molecule is Cc1cccc2c(C(=O)OCC(=O)c3ccc(-c4ccccc4)cc3)cc(-c3ccc(N4C(=O)C5C6CCC(C6)C5C4=O)cc3)nc12. The monoisotopic (exact) mass is 620 g/mol. The Morgan fingerprint density at radius 2 is 1.40 bits per heavy atom. The summed E-state index contributed by atoms with van der Waals surface area (Å²) in [5, 5.41) is 0.629. The first kappa shape index (κ1) is 29.0. The number of aryl methyl sites for hydroxylation is 1. The molecule has 1 aromatic heterocycles. The first-order valence-electron chi connectivity index (χ1n) is 16.1. The largest absolute Gasteiger partial charge is 0.454 e. The number of esters is 1. The summed E-state index contributed by atoms with van der Waals surface area (Å²) >= 11 is 0. The zero-order chi connectivity index (χ0) is 32.2. The Hall–Kier alpha value is -5.43. The lowest BCUT2D eigenvalue weighted by Crippen LogP contribution is -2.32. The molecule has 4 atom stereocenters. The first-order chi connectivity index (χ1) is 22.9. The van der Waals surface area contributed by atoms with Crippen molar-refractivity contribution in [3.63, 3.8) is 0 Å². The predicted molar refractivity (Wildman–Crippen MR) is 179 cm³/mol. The van der Waals surface area contributed by atoms with Gasteiger partial charge in [-0.3, -0.25) is 19.3 Å². The lowest BCUT2D eigenvalue weighted by Gasteiger charge is -2.19. The highest BCUT2D eigenvalue weighted by atomic mass is 16.5. The van der Waals surface area contributed by atoms with E-state index >= 15 is 0 Å². The van der Waals surface area contributed by atoms with Crippen LogP contribution in [0.3, 0.4) is 0 Å².